The molecular formula is C16H16N2O2. The van der Waals surface area contributed by atoms with E-state index < -0.39 is 0 Å². The van der Waals surface area contributed by atoms with E-state index >= 15 is 0 Å². The molecule has 3 rings (SSSR count). The minimum absolute atomic E-state index is 0.701. The smallest absolute Gasteiger partial charge is 0.145 e. The number of pyridine rings is 1. The second-order valence-corrected chi connectivity index (χ2v) is 4.60. The fourth-order valence-corrected chi connectivity index (χ4v) is 2.26. The monoisotopic (exact) mass is 268 g/mol. The molecule has 102 valence electrons. The van der Waals surface area contributed by atoms with Crippen molar-refractivity contribution in [3.8, 4) is 11.5 Å². The molecule has 0 amide bonds. The van der Waals surface area contributed by atoms with Crippen molar-refractivity contribution >= 4 is 11.0 Å². The molecule has 4 nitrogen and oxygen atoms in total. The lowest BCUT2D eigenvalue weighted by Crippen LogP contribution is -2.04. The number of aryl methyl sites for hydroxylation is 1. The number of nitrogens with zero attached hydrogens (tertiary/aromatic N) is 1. The van der Waals surface area contributed by atoms with Crippen LogP contribution in [0.25, 0.3) is 11.0 Å². The molecule has 0 radical (unpaired) electrons. The third-order valence-electron chi connectivity index (χ3n) is 3.21. The topological polar surface area (TPSA) is 47.3 Å². The van der Waals surface area contributed by atoms with Crippen LogP contribution in [0, 0.1) is 6.92 Å². The van der Waals surface area contributed by atoms with E-state index in [0.29, 0.717) is 6.54 Å². The highest BCUT2D eigenvalue weighted by molar-refractivity contribution is 5.88. The van der Waals surface area contributed by atoms with Gasteiger partial charge in [-0.1, -0.05) is 6.07 Å². The van der Waals surface area contributed by atoms with E-state index in [9.17, 15) is 0 Å². The van der Waals surface area contributed by atoms with E-state index in [1.54, 1.807) is 12.4 Å². The second-order valence-electron chi connectivity index (χ2n) is 4.60. The van der Waals surface area contributed by atoms with Crippen molar-refractivity contribution in [1.29, 1.82) is 0 Å². The molecule has 1 N–H and O–H groups in total. The number of hydrogen-bond donors (Lipinski definition) is 1. The van der Waals surface area contributed by atoms with Gasteiger partial charge >= 0.3 is 0 Å². The van der Waals surface area contributed by atoms with Gasteiger partial charge in [0.25, 0.3) is 0 Å². The molecule has 1 aromatic carbocycles. The standard InChI is InChI=1S/C16H16N2O2/c1-11-15(10-17-2)20-14-7-3-6-13(16(11)14)19-12-5-4-8-18-9-12/h3-9,17H,10H2,1-2H3. The van der Waals surface area contributed by atoms with Gasteiger partial charge < -0.3 is 14.5 Å². The molecule has 0 aliphatic heterocycles. The zero-order chi connectivity index (χ0) is 13.9. The maximum absolute atomic E-state index is 5.92. The molecule has 0 aliphatic carbocycles. The van der Waals surface area contributed by atoms with Crippen LogP contribution >= 0.6 is 0 Å². The molecule has 2 heterocycles. The molecule has 0 bridgehead atoms. The van der Waals surface area contributed by atoms with E-state index in [-0.39, 0.29) is 0 Å². The molecular weight excluding hydrogens is 252 g/mol. The molecule has 0 unspecified atom stereocenters. The van der Waals surface area contributed by atoms with Gasteiger partial charge in [0.1, 0.15) is 22.8 Å². The van der Waals surface area contributed by atoms with Crippen molar-refractivity contribution < 1.29 is 9.15 Å². The first kappa shape index (κ1) is 12.7. The number of benzene rings is 1. The molecule has 2 aromatic heterocycles. The van der Waals surface area contributed by atoms with Crippen molar-refractivity contribution in [3.63, 3.8) is 0 Å². The van der Waals surface area contributed by atoms with E-state index in [1.807, 2.05) is 37.4 Å². The summed E-state index contributed by atoms with van der Waals surface area (Å²) in [5.74, 6) is 2.44. The first-order chi connectivity index (χ1) is 9.79. The molecule has 0 saturated heterocycles. The summed E-state index contributed by atoms with van der Waals surface area (Å²) in [4.78, 5) is 4.06. The highest BCUT2D eigenvalue weighted by atomic mass is 16.5. The van der Waals surface area contributed by atoms with Gasteiger partial charge in [0.05, 0.1) is 18.1 Å². The van der Waals surface area contributed by atoms with E-state index in [0.717, 1.165) is 33.8 Å². The van der Waals surface area contributed by atoms with Gasteiger partial charge in [-0.2, -0.15) is 0 Å². The van der Waals surface area contributed by atoms with Crippen molar-refractivity contribution in [2.24, 2.45) is 0 Å². The largest absolute Gasteiger partial charge is 0.459 e. The van der Waals surface area contributed by atoms with Gasteiger partial charge in [-0.05, 0) is 38.2 Å². The summed E-state index contributed by atoms with van der Waals surface area (Å²) in [5.41, 5.74) is 1.95. The lowest BCUT2D eigenvalue weighted by atomic mass is 10.1. The third kappa shape index (κ3) is 2.26. The molecule has 4 heteroatoms. The maximum Gasteiger partial charge on any atom is 0.145 e. The lowest BCUT2D eigenvalue weighted by molar-refractivity contribution is 0.485. The highest BCUT2D eigenvalue weighted by Crippen LogP contribution is 2.35. The second kappa shape index (κ2) is 5.35. The Morgan fingerprint density at radius 3 is 2.90 bits per heavy atom. The predicted octanol–water partition coefficient (Wildman–Crippen LogP) is 3.65. The minimum atomic E-state index is 0.701. The zero-order valence-corrected chi connectivity index (χ0v) is 11.5. The number of hydrogen-bond acceptors (Lipinski definition) is 4. The van der Waals surface area contributed by atoms with E-state index in [1.165, 1.54) is 0 Å². The quantitative estimate of drug-likeness (QED) is 0.784. The van der Waals surface area contributed by atoms with Gasteiger partial charge in [0.2, 0.25) is 0 Å². The molecule has 3 aromatic rings. The van der Waals surface area contributed by atoms with Crippen LogP contribution in [0.3, 0.4) is 0 Å². The summed E-state index contributed by atoms with van der Waals surface area (Å²) in [6, 6.07) is 9.57. The Labute approximate surface area is 117 Å². The van der Waals surface area contributed by atoms with Crippen molar-refractivity contribution in [1.82, 2.24) is 10.3 Å². The summed E-state index contributed by atoms with van der Waals surface area (Å²) in [6.07, 6.45) is 3.42. The number of rotatable bonds is 4. The van der Waals surface area contributed by atoms with Gasteiger partial charge in [-0.3, -0.25) is 4.98 Å². The van der Waals surface area contributed by atoms with Crippen molar-refractivity contribution in [2.75, 3.05) is 7.05 Å². The average Bonchev–Trinajstić information content (AvgIpc) is 2.78. The molecule has 0 saturated carbocycles. The normalized spacial score (nSPS) is 10.9. The molecule has 20 heavy (non-hydrogen) atoms. The lowest BCUT2D eigenvalue weighted by Gasteiger charge is -2.06. The summed E-state index contributed by atoms with van der Waals surface area (Å²) in [5, 5.41) is 4.13. The van der Waals surface area contributed by atoms with E-state index in [4.69, 9.17) is 9.15 Å². The number of aromatic nitrogens is 1. The van der Waals surface area contributed by atoms with Crippen molar-refractivity contribution in [2.45, 2.75) is 13.5 Å². The fourth-order valence-electron chi connectivity index (χ4n) is 2.26. The Bertz CT molecular complexity index is 720. The van der Waals surface area contributed by atoms with E-state index in [2.05, 4.69) is 17.2 Å². The third-order valence-corrected chi connectivity index (χ3v) is 3.21. The zero-order valence-electron chi connectivity index (χ0n) is 11.5. The van der Waals surface area contributed by atoms with Crippen LogP contribution < -0.4 is 10.1 Å². The SMILES string of the molecule is CNCc1oc2cccc(Oc3cccnc3)c2c1C. The fraction of sp³-hybridized carbons (Fsp3) is 0.188. The number of nitrogens with one attached hydrogen (secondary N) is 1. The summed E-state index contributed by atoms with van der Waals surface area (Å²) < 4.78 is 11.8. The Morgan fingerprint density at radius 2 is 2.15 bits per heavy atom. The maximum atomic E-state index is 5.92. The highest BCUT2D eigenvalue weighted by Gasteiger charge is 2.14. The predicted molar refractivity (Wildman–Crippen MR) is 78.0 cm³/mol. The molecule has 0 fully saturated rings. The van der Waals surface area contributed by atoms with Crippen LogP contribution in [0.5, 0.6) is 11.5 Å². The van der Waals surface area contributed by atoms with Gasteiger partial charge in [-0.15, -0.1) is 0 Å². The summed E-state index contributed by atoms with van der Waals surface area (Å²) in [7, 11) is 1.90. The Kier molecular flexibility index (Phi) is 3.39. The molecule has 0 spiro atoms. The minimum Gasteiger partial charge on any atom is -0.459 e. The summed E-state index contributed by atoms with van der Waals surface area (Å²) in [6.45, 7) is 2.75. The Morgan fingerprint density at radius 1 is 1.25 bits per heavy atom. The van der Waals surface area contributed by atoms with Crippen LogP contribution in [-0.4, -0.2) is 12.0 Å². The van der Waals surface area contributed by atoms with Crippen LogP contribution in [-0.2, 0) is 6.54 Å². The van der Waals surface area contributed by atoms with Gasteiger partial charge in [-0.25, -0.2) is 0 Å². The van der Waals surface area contributed by atoms with Crippen LogP contribution in [0.1, 0.15) is 11.3 Å². The van der Waals surface area contributed by atoms with Crippen molar-refractivity contribution in [3.05, 3.63) is 54.0 Å². The Hall–Kier alpha value is -2.33. The number of fused-ring (bicyclic) bond motifs is 1. The first-order valence-corrected chi connectivity index (χ1v) is 6.53. The number of furan rings is 1. The Balaban J connectivity index is 2.07. The van der Waals surface area contributed by atoms with Crippen LogP contribution in [0.15, 0.2) is 47.1 Å². The average molecular weight is 268 g/mol. The molecule has 0 aliphatic rings. The van der Waals surface area contributed by atoms with Gasteiger partial charge in [0.15, 0.2) is 0 Å². The number of ether oxygens (including phenoxy) is 1. The van der Waals surface area contributed by atoms with Gasteiger partial charge in [0, 0.05) is 11.8 Å². The molecule has 0 atom stereocenters. The summed E-state index contributed by atoms with van der Waals surface area (Å²) >= 11 is 0. The first-order valence-electron chi connectivity index (χ1n) is 6.53. The van der Waals surface area contributed by atoms with Crippen LogP contribution in [0.2, 0.25) is 0 Å². The van der Waals surface area contributed by atoms with Crippen LogP contribution in [0.4, 0.5) is 0 Å².